The van der Waals surface area contributed by atoms with Crippen molar-refractivity contribution in [1.82, 2.24) is 5.32 Å². The first-order valence-electron chi connectivity index (χ1n) is 7.12. The van der Waals surface area contributed by atoms with Crippen LogP contribution in [-0.4, -0.2) is 11.9 Å². The fourth-order valence-corrected chi connectivity index (χ4v) is 2.50. The van der Waals surface area contributed by atoms with Gasteiger partial charge in [0.15, 0.2) is 0 Å². The summed E-state index contributed by atoms with van der Waals surface area (Å²) < 4.78 is 0.920. The zero-order valence-corrected chi connectivity index (χ0v) is 14.3. The molecule has 0 unspecified atom stereocenters. The highest BCUT2D eigenvalue weighted by Gasteiger charge is 2.17. The zero-order valence-electron chi connectivity index (χ0n) is 12.7. The molecule has 0 heterocycles. The molecule has 0 bridgehead atoms. The van der Waals surface area contributed by atoms with Gasteiger partial charge in [0.1, 0.15) is 0 Å². The second kappa shape index (κ2) is 7.78. The van der Waals surface area contributed by atoms with Gasteiger partial charge in [0.25, 0.3) is 0 Å². The molecule has 0 aliphatic heterocycles. The van der Waals surface area contributed by atoms with E-state index in [9.17, 15) is 9.59 Å². The number of rotatable bonds is 5. The highest BCUT2D eigenvalue weighted by atomic mass is 79.9. The van der Waals surface area contributed by atoms with Gasteiger partial charge in [0.2, 0.25) is 5.91 Å². The van der Waals surface area contributed by atoms with Gasteiger partial charge in [0, 0.05) is 10.2 Å². The Balaban J connectivity index is 2.09. The number of carbonyl (C=O) groups is 2. The molecule has 2 aromatic carbocycles. The fraction of sp³-hybridized carbons (Fsp3) is 0.176. The smallest absolute Gasteiger partial charge is 0.312 e. The van der Waals surface area contributed by atoms with Crippen LogP contribution in [0.5, 0.6) is 0 Å². The summed E-state index contributed by atoms with van der Waals surface area (Å²) in [4.78, 5) is 23.4. The normalized spacial score (nSPS) is 11.6. The molecule has 0 saturated carbocycles. The van der Waals surface area contributed by atoms with E-state index in [4.69, 9.17) is 5.73 Å². The van der Waals surface area contributed by atoms with Crippen molar-refractivity contribution in [2.24, 2.45) is 5.73 Å². The lowest BCUT2D eigenvalue weighted by Gasteiger charge is -2.18. The molecule has 3 amide bonds. The highest BCUT2D eigenvalue weighted by Crippen LogP contribution is 2.20. The lowest BCUT2D eigenvalue weighted by Crippen LogP contribution is -2.35. The molecule has 2 rings (SSSR count). The van der Waals surface area contributed by atoms with E-state index in [-0.39, 0.29) is 12.3 Å². The SMILES string of the molecule is Cc1cccc(NC(=O)C[C@H](NC(N)=O)c2ccc(Br)cc2)c1. The molecule has 0 spiro atoms. The van der Waals surface area contributed by atoms with Crippen LogP contribution in [-0.2, 0) is 4.79 Å². The maximum atomic E-state index is 12.2. The van der Waals surface area contributed by atoms with Crippen LogP contribution in [0.25, 0.3) is 0 Å². The summed E-state index contributed by atoms with van der Waals surface area (Å²) in [6.45, 7) is 1.95. The molecular formula is C17H18BrN3O2. The number of aryl methyl sites for hydroxylation is 1. The first kappa shape index (κ1) is 17.0. The third kappa shape index (κ3) is 5.41. The fourth-order valence-electron chi connectivity index (χ4n) is 2.24. The van der Waals surface area contributed by atoms with Crippen LogP contribution in [0.4, 0.5) is 10.5 Å². The van der Waals surface area contributed by atoms with Crippen LogP contribution in [0.2, 0.25) is 0 Å². The summed E-state index contributed by atoms with van der Waals surface area (Å²) in [5, 5.41) is 5.43. The summed E-state index contributed by atoms with van der Waals surface area (Å²) in [5.41, 5.74) is 7.81. The minimum atomic E-state index is -0.665. The van der Waals surface area contributed by atoms with E-state index in [1.165, 1.54) is 0 Å². The van der Waals surface area contributed by atoms with Crippen LogP contribution >= 0.6 is 15.9 Å². The van der Waals surface area contributed by atoms with Gasteiger partial charge in [-0.25, -0.2) is 4.79 Å². The van der Waals surface area contributed by atoms with Gasteiger partial charge in [-0.05, 0) is 42.3 Å². The van der Waals surface area contributed by atoms with Crippen molar-refractivity contribution >= 4 is 33.6 Å². The molecule has 120 valence electrons. The number of primary amides is 1. The van der Waals surface area contributed by atoms with Crippen LogP contribution < -0.4 is 16.4 Å². The molecule has 0 aliphatic rings. The number of benzene rings is 2. The second-order valence-electron chi connectivity index (χ2n) is 5.23. The molecule has 5 nitrogen and oxygen atoms in total. The standard InChI is InChI=1S/C17H18BrN3O2/c1-11-3-2-4-14(9-11)20-16(22)10-15(21-17(19)23)12-5-7-13(18)8-6-12/h2-9,15H,10H2,1H3,(H,20,22)(H3,19,21,23)/t15-/m0/s1. The number of hydrogen-bond donors (Lipinski definition) is 3. The molecular weight excluding hydrogens is 358 g/mol. The predicted octanol–water partition coefficient (Wildman–Crippen LogP) is 3.50. The van der Waals surface area contributed by atoms with E-state index in [2.05, 4.69) is 26.6 Å². The first-order valence-corrected chi connectivity index (χ1v) is 7.91. The molecule has 0 saturated heterocycles. The Hall–Kier alpha value is -2.34. The third-order valence-corrected chi connectivity index (χ3v) is 3.81. The average molecular weight is 376 g/mol. The quantitative estimate of drug-likeness (QED) is 0.746. The van der Waals surface area contributed by atoms with Crippen LogP contribution in [0, 0.1) is 6.92 Å². The van der Waals surface area contributed by atoms with E-state index in [1.807, 2.05) is 55.5 Å². The molecule has 4 N–H and O–H groups in total. The number of amides is 3. The van der Waals surface area contributed by atoms with Crippen molar-refractivity contribution in [3.63, 3.8) is 0 Å². The molecule has 6 heteroatoms. The Labute approximate surface area is 143 Å². The summed E-state index contributed by atoms with van der Waals surface area (Å²) in [7, 11) is 0. The Morgan fingerprint density at radius 1 is 1.17 bits per heavy atom. The number of anilines is 1. The van der Waals surface area contributed by atoms with E-state index < -0.39 is 12.1 Å². The Bertz CT molecular complexity index is 701. The summed E-state index contributed by atoms with van der Waals surface area (Å²) in [6, 6.07) is 13.8. The number of nitrogens with one attached hydrogen (secondary N) is 2. The molecule has 1 atom stereocenters. The van der Waals surface area contributed by atoms with Gasteiger partial charge < -0.3 is 16.4 Å². The molecule has 2 aromatic rings. The number of urea groups is 1. The van der Waals surface area contributed by atoms with Gasteiger partial charge in [0.05, 0.1) is 12.5 Å². The predicted molar refractivity (Wildman–Crippen MR) is 94.0 cm³/mol. The maximum Gasteiger partial charge on any atom is 0.312 e. The lowest BCUT2D eigenvalue weighted by molar-refractivity contribution is -0.116. The second-order valence-corrected chi connectivity index (χ2v) is 6.15. The van der Waals surface area contributed by atoms with Gasteiger partial charge in [-0.3, -0.25) is 4.79 Å². The summed E-state index contributed by atoms with van der Waals surface area (Å²) >= 11 is 3.36. The van der Waals surface area contributed by atoms with Crippen LogP contribution in [0.1, 0.15) is 23.6 Å². The van der Waals surface area contributed by atoms with E-state index in [0.29, 0.717) is 0 Å². The van der Waals surface area contributed by atoms with Crippen LogP contribution in [0.15, 0.2) is 53.0 Å². The van der Waals surface area contributed by atoms with Crippen molar-refractivity contribution < 1.29 is 9.59 Å². The Kier molecular flexibility index (Phi) is 5.76. The Morgan fingerprint density at radius 2 is 1.87 bits per heavy atom. The van der Waals surface area contributed by atoms with E-state index >= 15 is 0 Å². The lowest BCUT2D eigenvalue weighted by atomic mass is 10.0. The molecule has 0 aliphatic carbocycles. The molecule has 0 fully saturated rings. The van der Waals surface area contributed by atoms with Gasteiger partial charge in [-0.1, -0.05) is 40.2 Å². The number of halogens is 1. The minimum absolute atomic E-state index is 0.0957. The van der Waals surface area contributed by atoms with E-state index in [1.54, 1.807) is 0 Å². The van der Waals surface area contributed by atoms with Crippen molar-refractivity contribution in [2.75, 3.05) is 5.32 Å². The summed E-state index contributed by atoms with van der Waals surface area (Å²) in [5.74, 6) is -0.197. The van der Waals surface area contributed by atoms with Crippen molar-refractivity contribution in [3.05, 3.63) is 64.1 Å². The summed E-state index contributed by atoms with van der Waals surface area (Å²) in [6.07, 6.45) is 0.0957. The van der Waals surface area contributed by atoms with Crippen molar-refractivity contribution in [1.29, 1.82) is 0 Å². The van der Waals surface area contributed by atoms with Gasteiger partial charge in [-0.15, -0.1) is 0 Å². The van der Waals surface area contributed by atoms with Gasteiger partial charge in [-0.2, -0.15) is 0 Å². The number of hydrogen-bond acceptors (Lipinski definition) is 2. The Morgan fingerprint density at radius 3 is 2.48 bits per heavy atom. The zero-order chi connectivity index (χ0) is 16.8. The monoisotopic (exact) mass is 375 g/mol. The highest BCUT2D eigenvalue weighted by molar-refractivity contribution is 9.10. The van der Waals surface area contributed by atoms with Crippen LogP contribution in [0.3, 0.4) is 0 Å². The molecule has 0 radical (unpaired) electrons. The topological polar surface area (TPSA) is 84.2 Å². The number of nitrogens with two attached hydrogens (primary N) is 1. The third-order valence-electron chi connectivity index (χ3n) is 3.28. The minimum Gasteiger partial charge on any atom is -0.352 e. The van der Waals surface area contributed by atoms with E-state index in [0.717, 1.165) is 21.3 Å². The van der Waals surface area contributed by atoms with Crippen molar-refractivity contribution in [3.8, 4) is 0 Å². The molecule has 23 heavy (non-hydrogen) atoms. The largest absolute Gasteiger partial charge is 0.352 e. The first-order chi connectivity index (χ1) is 10.9. The molecule has 0 aromatic heterocycles. The average Bonchev–Trinajstić information content (AvgIpc) is 2.46. The van der Waals surface area contributed by atoms with Gasteiger partial charge >= 0.3 is 6.03 Å². The number of carbonyl (C=O) groups excluding carboxylic acids is 2. The maximum absolute atomic E-state index is 12.2. The van der Waals surface area contributed by atoms with Crippen molar-refractivity contribution in [2.45, 2.75) is 19.4 Å².